The van der Waals surface area contributed by atoms with Crippen LogP contribution in [0.25, 0.3) is 10.9 Å². The van der Waals surface area contributed by atoms with Gasteiger partial charge in [-0.2, -0.15) is 0 Å². The Morgan fingerprint density at radius 1 is 1.00 bits per heavy atom. The van der Waals surface area contributed by atoms with Crippen LogP contribution in [0.4, 0.5) is 5.69 Å². The predicted octanol–water partition coefficient (Wildman–Crippen LogP) is 4.36. The third-order valence-corrected chi connectivity index (χ3v) is 3.93. The summed E-state index contributed by atoms with van der Waals surface area (Å²) in [6.07, 6.45) is 4.46. The summed E-state index contributed by atoms with van der Waals surface area (Å²) in [6.45, 7) is 8.17. The van der Waals surface area contributed by atoms with Crippen LogP contribution in [0, 0.1) is 6.92 Å². The van der Waals surface area contributed by atoms with Crippen molar-refractivity contribution in [3.05, 3.63) is 23.9 Å². The number of benzene rings is 1. The first kappa shape index (κ1) is 16.4. The maximum Gasteiger partial charge on any atom is 0.142 e. The minimum absolute atomic E-state index is 0.115. The number of fused-ring (bicyclic) bond motifs is 1. The van der Waals surface area contributed by atoms with E-state index in [4.69, 9.17) is 0 Å². The molecule has 2 N–H and O–H groups in total. The van der Waals surface area contributed by atoms with E-state index >= 15 is 0 Å². The molecule has 0 saturated carbocycles. The third-order valence-electron chi connectivity index (χ3n) is 3.93. The van der Waals surface area contributed by atoms with Gasteiger partial charge < -0.3 is 15.1 Å². The van der Waals surface area contributed by atoms with Crippen molar-refractivity contribution < 1.29 is 10.2 Å². The summed E-state index contributed by atoms with van der Waals surface area (Å²) in [6, 6.07) is 5.04. The molecule has 0 aliphatic carbocycles. The number of rotatable bonds is 7. The largest absolute Gasteiger partial charge is 0.507 e. The van der Waals surface area contributed by atoms with Gasteiger partial charge in [-0.1, -0.05) is 26.7 Å². The Kier molecular flexibility index (Phi) is 5.47. The first-order valence-corrected chi connectivity index (χ1v) is 8.15. The van der Waals surface area contributed by atoms with Gasteiger partial charge in [0.25, 0.3) is 0 Å². The van der Waals surface area contributed by atoms with Crippen LogP contribution in [0.15, 0.2) is 18.2 Å². The lowest BCUT2D eigenvalue weighted by Gasteiger charge is -2.26. The van der Waals surface area contributed by atoms with Gasteiger partial charge in [0.1, 0.15) is 17.0 Å². The molecule has 120 valence electrons. The molecule has 1 aromatic heterocycles. The second-order valence-electron chi connectivity index (χ2n) is 5.80. The molecular formula is C18H26N2O2. The van der Waals surface area contributed by atoms with E-state index in [0.29, 0.717) is 10.9 Å². The van der Waals surface area contributed by atoms with Crippen LogP contribution < -0.4 is 4.90 Å². The van der Waals surface area contributed by atoms with E-state index < -0.39 is 0 Å². The van der Waals surface area contributed by atoms with Gasteiger partial charge in [0, 0.05) is 18.8 Å². The molecule has 0 amide bonds. The number of nitrogens with zero attached hydrogens (tertiary/aromatic N) is 2. The molecular weight excluding hydrogens is 276 g/mol. The minimum atomic E-state index is 0.115. The zero-order valence-electron chi connectivity index (χ0n) is 13.8. The number of phenolic OH excluding ortho intramolecular Hbond substituents is 2. The molecule has 0 spiro atoms. The fourth-order valence-corrected chi connectivity index (χ4v) is 2.71. The molecule has 2 aromatic rings. The number of anilines is 1. The van der Waals surface area contributed by atoms with Crippen LogP contribution in [0.5, 0.6) is 11.5 Å². The topological polar surface area (TPSA) is 56.6 Å². The number of hydrogen-bond donors (Lipinski definition) is 2. The summed E-state index contributed by atoms with van der Waals surface area (Å²) in [5, 5.41) is 21.0. The second-order valence-corrected chi connectivity index (χ2v) is 5.80. The van der Waals surface area contributed by atoms with Gasteiger partial charge in [-0.05, 0) is 38.0 Å². The lowest BCUT2D eigenvalue weighted by molar-refractivity contribution is 0.468. The average molecular weight is 302 g/mol. The standard InChI is InChI=1S/C18H26N2O2/c1-4-6-10-20(11-7-5-2)14-12-13(3)19-18-16(22)9-8-15(21)17(14)18/h8-9,12,21-22H,4-7,10-11H2,1-3H3. The van der Waals surface area contributed by atoms with E-state index in [1.165, 1.54) is 12.1 Å². The minimum Gasteiger partial charge on any atom is -0.507 e. The van der Waals surface area contributed by atoms with E-state index in [9.17, 15) is 10.2 Å². The summed E-state index contributed by atoms with van der Waals surface area (Å²) in [5.41, 5.74) is 2.30. The van der Waals surface area contributed by atoms with Gasteiger partial charge >= 0.3 is 0 Å². The summed E-state index contributed by atoms with van der Waals surface area (Å²) in [5.74, 6) is 0.289. The smallest absolute Gasteiger partial charge is 0.142 e. The molecule has 0 aliphatic heterocycles. The molecule has 0 unspecified atom stereocenters. The van der Waals surface area contributed by atoms with Crippen LogP contribution in [-0.2, 0) is 0 Å². The Labute approximate surface area is 132 Å². The molecule has 0 aliphatic rings. The zero-order valence-corrected chi connectivity index (χ0v) is 13.8. The van der Waals surface area contributed by atoms with Crippen molar-refractivity contribution >= 4 is 16.6 Å². The van der Waals surface area contributed by atoms with Crippen LogP contribution >= 0.6 is 0 Å². The summed E-state index contributed by atoms with van der Waals surface area (Å²) < 4.78 is 0. The molecule has 0 radical (unpaired) electrons. The Hall–Kier alpha value is -1.97. The maximum absolute atomic E-state index is 10.3. The van der Waals surface area contributed by atoms with E-state index in [-0.39, 0.29) is 11.5 Å². The quantitative estimate of drug-likeness (QED) is 0.746. The van der Waals surface area contributed by atoms with E-state index in [1.54, 1.807) is 0 Å². The Morgan fingerprint density at radius 3 is 2.18 bits per heavy atom. The van der Waals surface area contributed by atoms with Gasteiger partial charge in [0.05, 0.1) is 11.1 Å². The number of hydrogen-bond acceptors (Lipinski definition) is 4. The van der Waals surface area contributed by atoms with Crippen LogP contribution in [0.1, 0.15) is 45.2 Å². The van der Waals surface area contributed by atoms with E-state index in [2.05, 4.69) is 23.7 Å². The molecule has 0 bridgehead atoms. The zero-order chi connectivity index (χ0) is 16.1. The van der Waals surface area contributed by atoms with Crippen molar-refractivity contribution in [3.63, 3.8) is 0 Å². The van der Waals surface area contributed by atoms with Gasteiger partial charge in [-0.25, -0.2) is 4.98 Å². The van der Waals surface area contributed by atoms with Crippen LogP contribution in [-0.4, -0.2) is 28.3 Å². The molecule has 1 aromatic carbocycles. The van der Waals surface area contributed by atoms with Gasteiger partial charge in [-0.3, -0.25) is 0 Å². The molecule has 4 heteroatoms. The summed E-state index contributed by atoms with van der Waals surface area (Å²) in [7, 11) is 0. The van der Waals surface area contributed by atoms with E-state index in [0.717, 1.165) is 50.2 Å². The lowest BCUT2D eigenvalue weighted by atomic mass is 10.1. The normalized spacial score (nSPS) is 11.0. The molecule has 0 fully saturated rings. The second kappa shape index (κ2) is 7.34. The lowest BCUT2D eigenvalue weighted by Crippen LogP contribution is -2.26. The molecule has 0 saturated heterocycles. The highest BCUT2D eigenvalue weighted by Gasteiger charge is 2.16. The highest BCUT2D eigenvalue weighted by atomic mass is 16.3. The van der Waals surface area contributed by atoms with Crippen molar-refractivity contribution in [2.75, 3.05) is 18.0 Å². The molecule has 0 atom stereocenters. The molecule has 1 heterocycles. The number of unbranched alkanes of at least 4 members (excludes halogenated alkanes) is 2. The Balaban J connectivity index is 2.57. The highest BCUT2D eigenvalue weighted by molar-refractivity contribution is 5.99. The number of aryl methyl sites for hydroxylation is 1. The average Bonchev–Trinajstić information content (AvgIpc) is 2.50. The monoisotopic (exact) mass is 302 g/mol. The predicted molar refractivity (Wildman–Crippen MR) is 91.8 cm³/mol. The van der Waals surface area contributed by atoms with Crippen LogP contribution in [0.2, 0.25) is 0 Å². The number of pyridine rings is 1. The highest BCUT2D eigenvalue weighted by Crippen LogP contribution is 2.38. The first-order valence-electron chi connectivity index (χ1n) is 8.15. The summed E-state index contributed by atoms with van der Waals surface area (Å²) >= 11 is 0. The van der Waals surface area contributed by atoms with Crippen molar-refractivity contribution in [1.29, 1.82) is 0 Å². The third kappa shape index (κ3) is 3.43. The fourth-order valence-electron chi connectivity index (χ4n) is 2.71. The summed E-state index contributed by atoms with van der Waals surface area (Å²) in [4.78, 5) is 6.71. The number of phenols is 2. The van der Waals surface area contributed by atoms with Crippen molar-refractivity contribution in [1.82, 2.24) is 4.98 Å². The van der Waals surface area contributed by atoms with Crippen LogP contribution in [0.3, 0.4) is 0 Å². The molecule has 2 rings (SSSR count). The van der Waals surface area contributed by atoms with Crippen molar-refractivity contribution in [2.45, 2.75) is 46.5 Å². The van der Waals surface area contributed by atoms with Gasteiger partial charge in [0.15, 0.2) is 0 Å². The molecule has 4 nitrogen and oxygen atoms in total. The van der Waals surface area contributed by atoms with E-state index in [1.807, 2.05) is 13.0 Å². The van der Waals surface area contributed by atoms with Crippen molar-refractivity contribution in [2.24, 2.45) is 0 Å². The maximum atomic E-state index is 10.3. The number of aromatic hydroxyl groups is 2. The Morgan fingerprint density at radius 2 is 1.59 bits per heavy atom. The number of aromatic nitrogens is 1. The van der Waals surface area contributed by atoms with Gasteiger partial charge in [0.2, 0.25) is 0 Å². The SMILES string of the molecule is CCCCN(CCCC)c1cc(C)nc2c(O)ccc(O)c12. The first-order chi connectivity index (χ1) is 10.6. The molecule has 22 heavy (non-hydrogen) atoms. The van der Waals surface area contributed by atoms with Crippen molar-refractivity contribution in [3.8, 4) is 11.5 Å². The Bertz CT molecular complexity index is 633. The fraction of sp³-hybridized carbons (Fsp3) is 0.500. The van der Waals surface area contributed by atoms with Gasteiger partial charge in [-0.15, -0.1) is 0 Å².